The maximum atomic E-state index is 11.9. The van der Waals surface area contributed by atoms with E-state index in [2.05, 4.69) is 10.6 Å². The van der Waals surface area contributed by atoms with Crippen LogP contribution < -0.4 is 15.4 Å². The molecule has 1 aromatic carbocycles. The van der Waals surface area contributed by atoms with Crippen LogP contribution in [-0.4, -0.2) is 36.8 Å². The van der Waals surface area contributed by atoms with Gasteiger partial charge in [-0.3, -0.25) is 14.4 Å². The van der Waals surface area contributed by atoms with Gasteiger partial charge in [0.05, 0.1) is 0 Å². The molecule has 7 heteroatoms. The van der Waals surface area contributed by atoms with Crippen molar-refractivity contribution in [2.75, 3.05) is 19.0 Å². The lowest BCUT2D eigenvalue weighted by atomic mass is 10.2. The summed E-state index contributed by atoms with van der Waals surface area (Å²) >= 11 is 5.49. The monoisotopic (exact) mass is 326 g/mol. The molecule has 0 bridgehead atoms. The molecule has 0 aliphatic rings. The number of carbonyl (C=O) groups excluding carboxylic acids is 3. The number of halogens is 1. The van der Waals surface area contributed by atoms with E-state index < -0.39 is 5.97 Å². The summed E-state index contributed by atoms with van der Waals surface area (Å²) in [4.78, 5) is 34.1. The first-order chi connectivity index (χ1) is 10.5. The van der Waals surface area contributed by atoms with E-state index in [9.17, 15) is 14.4 Å². The molecule has 0 aliphatic heterocycles. The van der Waals surface area contributed by atoms with Crippen LogP contribution in [0.2, 0.25) is 0 Å². The highest BCUT2D eigenvalue weighted by Crippen LogP contribution is 2.13. The Hall–Kier alpha value is -2.08. The predicted molar refractivity (Wildman–Crippen MR) is 83.0 cm³/mol. The van der Waals surface area contributed by atoms with Crippen LogP contribution in [0.4, 0.5) is 0 Å². The number of alkyl halides is 1. The number of benzene rings is 1. The van der Waals surface area contributed by atoms with E-state index in [1.165, 1.54) is 13.0 Å². The molecule has 0 saturated heterocycles. The Labute approximate surface area is 134 Å². The van der Waals surface area contributed by atoms with E-state index in [-0.39, 0.29) is 11.8 Å². The minimum atomic E-state index is -0.447. The number of hydrogen-bond donors (Lipinski definition) is 2. The lowest BCUT2D eigenvalue weighted by molar-refractivity contribution is -0.131. The fraction of sp³-hybridized carbons (Fsp3) is 0.400. The number of nitrogens with one attached hydrogen (secondary N) is 2. The zero-order chi connectivity index (χ0) is 16.4. The first-order valence-electron chi connectivity index (χ1n) is 6.92. The molecule has 0 atom stereocenters. The molecule has 22 heavy (non-hydrogen) atoms. The van der Waals surface area contributed by atoms with Gasteiger partial charge in [-0.2, -0.15) is 0 Å². The average molecular weight is 327 g/mol. The molecule has 6 nitrogen and oxygen atoms in total. The summed E-state index contributed by atoms with van der Waals surface area (Å²) in [5.74, 6) is -0.0782. The minimum Gasteiger partial charge on any atom is -0.427 e. The Morgan fingerprint density at radius 1 is 1.18 bits per heavy atom. The number of carbonyl (C=O) groups is 3. The van der Waals surface area contributed by atoms with Gasteiger partial charge in [0, 0.05) is 37.9 Å². The van der Waals surface area contributed by atoms with Gasteiger partial charge in [-0.1, -0.05) is 6.07 Å². The summed E-state index contributed by atoms with van der Waals surface area (Å²) in [7, 11) is 0. The zero-order valence-corrected chi connectivity index (χ0v) is 13.1. The molecule has 2 amide bonds. The summed E-state index contributed by atoms with van der Waals surface area (Å²) < 4.78 is 4.91. The van der Waals surface area contributed by atoms with Gasteiger partial charge in [0.1, 0.15) is 5.75 Å². The molecule has 0 fully saturated rings. The second kappa shape index (κ2) is 9.78. The van der Waals surface area contributed by atoms with Crippen LogP contribution in [0.1, 0.15) is 30.1 Å². The Kier molecular flexibility index (Phi) is 7.99. The van der Waals surface area contributed by atoms with E-state index in [1.807, 2.05) is 0 Å². The molecule has 120 valence electrons. The quantitative estimate of drug-likeness (QED) is 0.328. The molecule has 0 aromatic heterocycles. The third-order valence-corrected chi connectivity index (χ3v) is 2.90. The summed E-state index contributed by atoms with van der Waals surface area (Å²) in [5.41, 5.74) is 0.382. The molecule has 0 heterocycles. The second-order valence-corrected chi connectivity index (χ2v) is 4.90. The number of hydrogen-bond acceptors (Lipinski definition) is 4. The number of esters is 1. The van der Waals surface area contributed by atoms with Crippen molar-refractivity contribution in [2.24, 2.45) is 0 Å². The Bertz CT molecular complexity index is 534. The van der Waals surface area contributed by atoms with Crippen LogP contribution in [0.3, 0.4) is 0 Å². The molecule has 0 spiro atoms. The number of ether oxygens (including phenoxy) is 1. The SMILES string of the molecule is CC(=O)Oc1cccc(C(=O)NCCNC(=O)CCCCl)c1. The third-order valence-electron chi connectivity index (χ3n) is 2.63. The standard InChI is InChI=1S/C15H19ClN2O4/c1-11(19)22-13-5-2-4-12(10-13)15(21)18-9-8-17-14(20)6-3-7-16/h2,4-5,10H,3,6-9H2,1H3,(H,17,20)(H,18,21). The zero-order valence-electron chi connectivity index (χ0n) is 12.4. The van der Waals surface area contributed by atoms with Crippen molar-refractivity contribution in [3.05, 3.63) is 29.8 Å². The van der Waals surface area contributed by atoms with E-state index >= 15 is 0 Å². The summed E-state index contributed by atoms with van der Waals surface area (Å²) in [6, 6.07) is 6.31. The Morgan fingerprint density at radius 3 is 2.59 bits per heavy atom. The molecule has 0 unspecified atom stereocenters. The maximum absolute atomic E-state index is 11.9. The van der Waals surface area contributed by atoms with Crippen LogP contribution in [0, 0.1) is 0 Å². The van der Waals surface area contributed by atoms with Gasteiger partial charge >= 0.3 is 5.97 Å². The third kappa shape index (κ3) is 7.08. The van der Waals surface area contributed by atoms with Gasteiger partial charge in [0.25, 0.3) is 5.91 Å². The van der Waals surface area contributed by atoms with E-state index in [1.54, 1.807) is 18.2 Å². The lowest BCUT2D eigenvalue weighted by Crippen LogP contribution is -2.34. The van der Waals surface area contributed by atoms with E-state index in [0.717, 1.165) is 0 Å². The topological polar surface area (TPSA) is 84.5 Å². The summed E-state index contributed by atoms with van der Waals surface area (Å²) in [5, 5.41) is 5.35. The van der Waals surface area contributed by atoms with Crippen LogP contribution in [0.15, 0.2) is 24.3 Å². The van der Waals surface area contributed by atoms with Crippen molar-refractivity contribution in [3.8, 4) is 5.75 Å². The molecular formula is C15H19ClN2O4. The Morgan fingerprint density at radius 2 is 1.91 bits per heavy atom. The minimum absolute atomic E-state index is 0.0910. The van der Waals surface area contributed by atoms with Crippen molar-refractivity contribution >= 4 is 29.4 Å². The normalized spacial score (nSPS) is 9.91. The van der Waals surface area contributed by atoms with Crippen LogP contribution in [0.25, 0.3) is 0 Å². The van der Waals surface area contributed by atoms with Crippen molar-refractivity contribution in [2.45, 2.75) is 19.8 Å². The average Bonchev–Trinajstić information content (AvgIpc) is 2.49. The predicted octanol–water partition coefficient (Wildman–Crippen LogP) is 1.48. The highest BCUT2D eigenvalue weighted by Gasteiger charge is 2.07. The van der Waals surface area contributed by atoms with Crippen LogP contribution >= 0.6 is 11.6 Å². The summed E-state index contributed by atoms with van der Waals surface area (Å²) in [6.45, 7) is 1.94. The number of amides is 2. The van der Waals surface area contributed by atoms with Gasteiger partial charge in [0.2, 0.25) is 5.91 Å². The van der Waals surface area contributed by atoms with Gasteiger partial charge in [-0.25, -0.2) is 0 Å². The maximum Gasteiger partial charge on any atom is 0.308 e. The van der Waals surface area contributed by atoms with Crippen molar-refractivity contribution in [1.29, 1.82) is 0 Å². The fourth-order valence-electron chi connectivity index (χ4n) is 1.66. The van der Waals surface area contributed by atoms with Gasteiger partial charge in [-0.15, -0.1) is 11.6 Å². The molecule has 1 rings (SSSR count). The van der Waals surface area contributed by atoms with Gasteiger partial charge in [-0.05, 0) is 24.6 Å². The highest BCUT2D eigenvalue weighted by molar-refractivity contribution is 6.17. The second-order valence-electron chi connectivity index (χ2n) is 4.52. The first kappa shape index (κ1) is 18.0. The lowest BCUT2D eigenvalue weighted by Gasteiger charge is -2.08. The number of rotatable bonds is 8. The van der Waals surface area contributed by atoms with Gasteiger partial charge < -0.3 is 15.4 Å². The molecule has 0 radical (unpaired) electrons. The Balaban J connectivity index is 2.36. The van der Waals surface area contributed by atoms with Crippen LogP contribution in [-0.2, 0) is 9.59 Å². The summed E-state index contributed by atoms with van der Waals surface area (Å²) in [6.07, 6.45) is 1.00. The highest BCUT2D eigenvalue weighted by atomic mass is 35.5. The molecule has 0 saturated carbocycles. The van der Waals surface area contributed by atoms with E-state index in [0.29, 0.717) is 43.1 Å². The molecule has 1 aromatic rings. The first-order valence-corrected chi connectivity index (χ1v) is 7.45. The molecule has 2 N–H and O–H groups in total. The van der Waals surface area contributed by atoms with Crippen LogP contribution in [0.5, 0.6) is 5.75 Å². The largest absolute Gasteiger partial charge is 0.427 e. The van der Waals surface area contributed by atoms with Gasteiger partial charge in [0.15, 0.2) is 0 Å². The molecule has 0 aliphatic carbocycles. The van der Waals surface area contributed by atoms with E-state index in [4.69, 9.17) is 16.3 Å². The van der Waals surface area contributed by atoms with Crippen molar-refractivity contribution < 1.29 is 19.1 Å². The smallest absolute Gasteiger partial charge is 0.308 e. The fourth-order valence-corrected chi connectivity index (χ4v) is 1.80. The molecular weight excluding hydrogens is 308 g/mol. The van der Waals surface area contributed by atoms with Crippen molar-refractivity contribution in [1.82, 2.24) is 10.6 Å². The van der Waals surface area contributed by atoms with Crippen molar-refractivity contribution in [3.63, 3.8) is 0 Å².